The maximum Gasteiger partial charge on any atom is 0.124 e. The molecule has 0 bridgehead atoms. The highest BCUT2D eigenvalue weighted by atomic mass is 32.2. The van der Waals surface area contributed by atoms with Crippen molar-refractivity contribution in [1.82, 2.24) is 10.2 Å². The van der Waals surface area contributed by atoms with E-state index in [4.69, 9.17) is 4.74 Å². The second kappa shape index (κ2) is 8.66. The SMILES string of the molecule is CCCNC(c1ccccc1OCC)C1CSCCN1C. The molecule has 118 valence electrons. The first-order chi connectivity index (χ1) is 10.3. The zero-order valence-electron chi connectivity index (χ0n) is 13.5. The number of nitrogens with one attached hydrogen (secondary N) is 1. The molecule has 0 radical (unpaired) electrons. The molecule has 1 N–H and O–H groups in total. The molecule has 0 spiro atoms. The second-order valence-electron chi connectivity index (χ2n) is 5.53. The van der Waals surface area contributed by atoms with Gasteiger partial charge in [-0.1, -0.05) is 25.1 Å². The van der Waals surface area contributed by atoms with Crippen LogP contribution in [0.1, 0.15) is 31.9 Å². The molecule has 21 heavy (non-hydrogen) atoms. The van der Waals surface area contributed by atoms with Crippen molar-refractivity contribution < 1.29 is 4.74 Å². The fraction of sp³-hybridized carbons (Fsp3) is 0.647. The number of para-hydroxylation sites is 1. The van der Waals surface area contributed by atoms with Gasteiger partial charge in [-0.15, -0.1) is 0 Å². The van der Waals surface area contributed by atoms with Crippen LogP contribution in [0.5, 0.6) is 5.75 Å². The van der Waals surface area contributed by atoms with Crippen LogP contribution in [0.15, 0.2) is 24.3 Å². The highest BCUT2D eigenvalue weighted by Crippen LogP contribution is 2.32. The Bertz CT molecular complexity index is 427. The van der Waals surface area contributed by atoms with Gasteiger partial charge in [0.05, 0.1) is 12.6 Å². The number of rotatable bonds is 7. The molecule has 2 unspecified atom stereocenters. The maximum absolute atomic E-state index is 5.86. The Hall–Kier alpha value is -0.710. The summed E-state index contributed by atoms with van der Waals surface area (Å²) in [6.45, 7) is 7.19. The van der Waals surface area contributed by atoms with E-state index < -0.39 is 0 Å². The van der Waals surface area contributed by atoms with Gasteiger partial charge >= 0.3 is 0 Å². The number of ether oxygens (including phenoxy) is 1. The number of nitrogens with zero attached hydrogens (tertiary/aromatic N) is 1. The van der Waals surface area contributed by atoms with Crippen molar-refractivity contribution >= 4 is 11.8 Å². The molecular formula is C17H28N2OS. The highest BCUT2D eigenvalue weighted by Gasteiger charge is 2.30. The number of thioether (sulfide) groups is 1. The van der Waals surface area contributed by atoms with Crippen LogP contribution in [0, 0.1) is 0 Å². The summed E-state index contributed by atoms with van der Waals surface area (Å²) >= 11 is 2.06. The molecular weight excluding hydrogens is 280 g/mol. The molecule has 0 aliphatic carbocycles. The third-order valence-corrected chi connectivity index (χ3v) is 5.04. The normalized spacial score (nSPS) is 21.2. The van der Waals surface area contributed by atoms with E-state index in [1.165, 1.54) is 17.1 Å². The summed E-state index contributed by atoms with van der Waals surface area (Å²) in [5.41, 5.74) is 1.30. The van der Waals surface area contributed by atoms with Crippen LogP contribution in [0.4, 0.5) is 0 Å². The number of hydrogen-bond acceptors (Lipinski definition) is 4. The number of hydrogen-bond donors (Lipinski definition) is 1. The molecule has 0 aromatic heterocycles. The Balaban J connectivity index is 2.26. The van der Waals surface area contributed by atoms with Crippen LogP contribution in [0.2, 0.25) is 0 Å². The van der Waals surface area contributed by atoms with E-state index in [2.05, 4.69) is 60.2 Å². The van der Waals surface area contributed by atoms with Gasteiger partial charge < -0.3 is 10.1 Å². The van der Waals surface area contributed by atoms with Crippen LogP contribution < -0.4 is 10.1 Å². The lowest BCUT2D eigenvalue weighted by molar-refractivity contribution is 0.211. The maximum atomic E-state index is 5.86. The van der Waals surface area contributed by atoms with E-state index >= 15 is 0 Å². The second-order valence-corrected chi connectivity index (χ2v) is 6.68. The van der Waals surface area contributed by atoms with Gasteiger partial charge in [-0.05, 0) is 33.0 Å². The minimum atomic E-state index is 0.338. The molecule has 1 fully saturated rings. The summed E-state index contributed by atoms with van der Waals surface area (Å²) in [6, 6.07) is 9.35. The van der Waals surface area contributed by atoms with Crippen LogP contribution in [-0.4, -0.2) is 49.2 Å². The summed E-state index contributed by atoms with van der Waals surface area (Å²) in [5.74, 6) is 3.44. The van der Waals surface area contributed by atoms with Crippen LogP contribution in [0.25, 0.3) is 0 Å². The van der Waals surface area contributed by atoms with E-state index in [1.54, 1.807) is 0 Å². The molecule has 1 saturated heterocycles. The zero-order valence-corrected chi connectivity index (χ0v) is 14.3. The predicted octanol–water partition coefficient (Wildman–Crippen LogP) is 3.17. The molecule has 2 rings (SSSR count). The lowest BCUT2D eigenvalue weighted by atomic mass is 9.97. The average Bonchev–Trinajstić information content (AvgIpc) is 2.51. The Morgan fingerprint density at radius 3 is 2.90 bits per heavy atom. The van der Waals surface area contributed by atoms with Gasteiger partial charge in [0.15, 0.2) is 0 Å². The van der Waals surface area contributed by atoms with Crippen molar-refractivity contribution in [3.8, 4) is 5.75 Å². The van der Waals surface area contributed by atoms with Gasteiger partial charge in [0, 0.05) is 29.7 Å². The van der Waals surface area contributed by atoms with Crippen molar-refractivity contribution in [2.45, 2.75) is 32.4 Å². The lowest BCUT2D eigenvalue weighted by Gasteiger charge is -2.39. The van der Waals surface area contributed by atoms with Crippen molar-refractivity contribution in [2.24, 2.45) is 0 Å². The standard InChI is InChI=1S/C17H28N2OS/c1-4-10-18-17(15-13-21-12-11-19(15)3)14-8-6-7-9-16(14)20-5-2/h6-9,15,17-18H,4-5,10-13H2,1-3H3. The number of benzene rings is 1. The molecule has 1 aliphatic heterocycles. The average molecular weight is 308 g/mol. The fourth-order valence-electron chi connectivity index (χ4n) is 2.83. The summed E-state index contributed by atoms with van der Waals surface area (Å²) in [6.07, 6.45) is 1.15. The van der Waals surface area contributed by atoms with Crippen molar-refractivity contribution in [1.29, 1.82) is 0 Å². The van der Waals surface area contributed by atoms with E-state index in [0.717, 1.165) is 25.3 Å². The molecule has 1 aliphatic rings. The summed E-state index contributed by atoms with van der Waals surface area (Å²) in [4.78, 5) is 2.49. The van der Waals surface area contributed by atoms with Gasteiger partial charge in [-0.2, -0.15) is 11.8 Å². The van der Waals surface area contributed by atoms with Crippen molar-refractivity contribution in [3.63, 3.8) is 0 Å². The van der Waals surface area contributed by atoms with Gasteiger partial charge in [-0.25, -0.2) is 0 Å². The van der Waals surface area contributed by atoms with Gasteiger partial charge in [0.25, 0.3) is 0 Å². The Morgan fingerprint density at radius 1 is 1.38 bits per heavy atom. The van der Waals surface area contributed by atoms with E-state index in [9.17, 15) is 0 Å². The molecule has 4 heteroatoms. The molecule has 1 aromatic carbocycles. The van der Waals surface area contributed by atoms with E-state index in [1.807, 2.05) is 6.92 Å². The van der Waals surface area contributed by atoms with Crippen molar-refractivity contribution in [2.75, 3.05) is 38.2 Å². The third-order valence-electron chi connectivity index (χ3n) is 4.00. The minimum Gasteiger partial charge on any atom is -0.494 e. The summed E-state index contributed by atoms with van der Waals surface area (Å²) in [7, 11) is 2.24. The fourth-order valence-corrected chi connectivity index (χ4v) is 4.11. The molecule has 0 amide bonds. The quantitative estimate of drug-likeness (QED) is 0.836. The Labute approximate surface area is 133 Å². The van der Waals surface area contributed by atoms with Gasteiger partial charge in [0.1, 0.15) is 5.75 Å². The third kappa shape index (κ3) is 4.38. The summed E-state index contributed by atoms with van der Waals surface area (Å²) < 4.78 is 5.86. The van der Waals surface area contributed by atoms with Crippen LogP contribution in [0.3, 0.4) is 0 Å². The van der Waals surface area contributed by atoms with Crippen LogP contribution >= 0.6 is 11.8 Å². The minimum absolute atomic E-state index is 0.338. The van der Waals surface area contributed by atoms with Crippen molar-refractivity contribution in [3.05, 3.63) is 29.8 Å². The topological polar surface area (TPSA) is 24.5 Å². The van der Waals surface area contributed by atoms with Gasteiger partial charge in [0.2, 0.25) is 0 Å². The molecule has 0 saturated carbocycles. The monoisotopic (exact) mass is 308 g/mol. The molecule has 1 aromatic rings. The molecule has 3 nitrogen and oxygen atoms in total. The zero-order chi connectivity index (χ0) is 15.1. The highest BCUT2D eigenvalue weighted by molar-refractivity contribution is 7.99. The smallest absolute Gasteiger partial charge is 0.124 e. The summed E-state index contributed by atoms with van der Waals surface area (Å²) in [5, 5.41) is 3.75. The lowest BCUT2D eigenvalue weighted by Crippen LogP contribution is -2.48. The molecule has 2 atom stereocenters. The Kier molecular flexibility index (Phi) is 6.87. The van der Waals surface area contributed by atoms with E-state index in [0.29, 0.717) is 18.7 Å². The largest absolute Gasteiger partial charge is 0.494 e. The first kappa shape index (κ1) is 16.7. The first-order valence-corrected chi connectivity index (χ1v) is 9.16. The number of likely N-dealkylation sites (N-methyl/N-ethyl adjacent to an activating group) is 1. The van der Waals surface area contributed by atoms with Gasteiger partial charge in [-0.3, -0.25) is 4.90 Å². The first-order valence-electron chi connectivity index (χ1n) is 8.01. The van der Waals surface area contributed by atoms with Crippen LogP contribution in [-0.2, 0) is 0 Å². The predicted molar refractivity (Wildman–Crippen MR) is 92.4 cm³/mol. The molecule has 1 heterocycles. The Morgan fingerprint density at radius 2 is 2.19 bits per heavy atom. The van der Waals surface area contributed by atoms with E-state index in [-0.39, 0.29) is 0 Å².